The number of carbonyl (C=O) groups is 1. The molecule has 1 atom stereocenters. The third-order valence-electron chi connectivity index (χ3n) is 5.59. The summed E-state index contributed by atoms with van der Waals surface area (Å²) < 4.78 is 25.0. The van der Waals surface area contributed by atoms with E-state index < -0.39 is 0 Å². The number of benzene rings is 1. The average molecular weight is 335 g/mol. The molecule has 1 aromatic rings. The van der Waals surface area contributed by atoms with Crippen LogP contribution in [0.25, 0.3) is 0 Å². The van der Waals surface area contributed by atoms with Gasteiger partial charge in [-0.25, -0.2) is 4.39 Å². The van der Waals surface area contributed by atoms with Crippen molar-refractivity contribution in [3.63, 3.8) is 0 Å². The number of rotatable bonds is 4. The Morgan fingerprint density at radius 3 is 2.83 bits per heavy atom. The van der Waals surface area contributed by atoms with E-state index in [1.165, 1.54) is 6.07 Å². The van der Waals surface area contributed by atoms with Crippen LogP contribution in [0.4, 0.5) is 4.39 Å². The average Bonchev–Trinajstić information content (AvgIpc) is 2.97. The van der Waals surface area contributed by atoms with Crippen molar-refractivity contribution in [2.75, 3.05) is 33.4 Å². The number of halogens is 1. The fourth-order valence-electron chi connectivity index (χ4n) is 4.00. The third-order valence-corrected chi connectivity index (χ3v) is 5.59. The predicted molar refractivity (Wildman–Crippen MR) is 89.6 cm³/mol. The first-order valence-corrected chi connectivity index (χ1v) is 8.74. The summed E-state index contributed by atoms with van der Waals surface area (Å²) in [4.78, 5) is 14.4. The molecule has 1 aromatic carbocycles. The largest absolute Gasteiger partial charge is 0.385 e. The van der Waals surface area contributed by atoms with E-state index in [9.17, 15) is 9.18 Å². The van der Waals surface area contributed by atoms with E-state index in [0.29, 0.717) is 30.1 Å². The minimum atomic E-state index is -0.326. The molecule has 0 aliphatic carbocycles. The number of hydrogen-bond donors (Lipinski definition) is 0. The van der Waals surface area contributed by atoms with E-state index in [2.05, 4.69) is 0 Å². The molecule has 1 unspecified atom stereocenters. The van der Waals surface area contributed by atoms with Crippen molar-refractivity contribution in [3.05, 3.63) is 35.1 Å². The van der Waals surface area contributed by atoms with Gasteiger partial charge in [0.25, 0.3) is 5.91 Å². The molecule has 24 heavy (non-hydrogen) atoms. The molecule has 0 N–H and O–H groups in total. The highest BCUT2D eigenvalue weighted by molar-refractivity contribution is 5.94. The van der Waals surface area contributed by atoms with E-state index in [0.717, 1.165) is 38.9 Å². The maximum absolute atomic E-state index is 13.7. The summed E-state index contributed by atoms with van der Waals surface area (Å²) in [5.41, 5.74) is 0.884. The van der Waals surface area contributed by atoms with Crippen LogP contribution in [-0.2, 0) is 9.47 Å². The van der Waals surface area contributed by atoms with Crippen LogP contribution in [-0.4, -0.2) is 49.8 Å². The first-order valence-electron chi connectivity index (χ1n) is 8.74. The third kappa shape index (κ3) is 3.33. The number of amides is 1. The molecule has 1 spiro atoms. The van der Waals surface area contributed by atoms with Crippen molar-refractivity contribution >= 4 is 5.91 Å². The summed E-state index contributed by atoms with van der Waals surface area (Å²) in [5, 5.41) is 0. The van der Waals surface area contributed by atoms with Gasteiger partial charge in [-0.2, -0.15) is 0 Å². The maximum atomic E-state index is 13.7. The maximum Gasteiger partial charge on any atom is 0.253 e. The molecule has 5 heteroatoms. The van der Waals surface area contributed by atoms with E-state index in [1.54, 1.807) is 26.2 Å². The molecule has 4 nitrogen and oxygen atoms in total. The molecule has 2 saturated heterocycles. The molecule has 132 valence electrons. The van der Waals surface area contributed by atoms with Crippen LogP contribution in [0.3, 0.4) is 0 Å². The SMILES string of the molecule is COCCC1CCOC12CCN(C(=O)c1ccc(C)c(F)c1)CC2. The molecule has 0 aromatic heterocycles. The van der Waals surface area contributed by atoms with Crippen LogP contribution in [0.15, 0.2) is 18.2 Å². The van der Waals surface area contributed by atoms with Gasteiger partial charge in [-0.05, 0) is 56.2 Å². The Balaban J connectivity index is 1.64. The second-order valence-corrected chi connectivity index (χ2v) is 6.94. The number of aryl methyl sites for hydroxylation is 1. The van der Waals surface area contributed by atoms with Crippen LogP contribution in [0.1, 0.15) is 41.6 Å². The quantitative estimate of drug-likeness (QED) is 0.848. The number of ether oxygens (including phenoxy) is 2. The van der Waals surface area contributed by atoms with Gasteiger partial charge >= 0.3 is 0 Å². The van der Waals surface area contributed by atoms with Crippen LogP contribution in [0.5, 0.6) is 0 Å². The molecule has 2 aliphatic rings. The molecule has 1 amide bonds. The fourth-order valence-corrected chi connectivity index (χ4v) is 4.00. The smallest absolute Gasteiger partial charge is 0.253 e. The highest BCUT2D eigenvalue weighted by Crippen LogP contribution is 2.42. The summed E-state index contributed by atoms with van der Waals surface area (Å²) >= 11 is 0. The first kappa shape index (κ1) is 17.4. The van der Waals surface area contributed by atoms with E-state index >= 15 is 0 Å². The van der Waals surface area contributed by atoms with Crippen molar-refractivity contribution in [2.45, 2.75) is 38.2 Å². The monoisotopic (exact) mass is 335 g/mol. The molecule has 2 heterocycles. The summed E-state index contributed by atoms with van der Waals surface area (Å²) in [6.07, 6.45) is 3.77. The topological polar surface area (TPSA) is 38.8 Å². The number of carbonyl (C=O) groups excluding carboxylic acids is 1. The number of likely N-dealkylation sites (tertiary alicyclic amines) is 1. The van der Waals surface area contributed by atoms with E-state index in [-0.39, 0.29) is 17.3 Å². The predicted octanol–water partition coefficient (Wildman–Crippen LogP) is 3.18. The Hall–Kier alpha value is -1.46. The lowest BCUT2D eigenvalue weighted by atomic mass is 9.78. The molecule has 2 aliphatic heterocycles. The second kappa shape index (κ2) is 7.19. The molecule has 0 radical (unpaired) electrons. The Morgan fingerprint density at radius 1 is 1.42 bits per heavy atom. The fraction of sp³-hybridized carbons (Fsp3) is 0.632. The van der Waals surface area contributed by atoms with Gasteiger partial charge in [0.1, 0.15) is 5.82 Å². The Kier molecular flexibility index (Phi) is 5.21. The van der Waals surface area contributed by atoms with Crippen LogP contribution in [0, 0.1) is 18.7 Å². The summed E-state index contributed by atoms with van der Waals surface area (Å²) in [7, 11) is 1.73. The van der Waals surface area contributed by atoms with Crippen molar-refractivity contribution in [1.82, 2.24) is 4.90 Å². The first-order chi connectivity index (χ1) is 11.6. The molecular formula is C19H26FNO3. The zero-order valence-corrected chi connectivity index (χ0v) is 14.5. The normalized spacial score (nSPS) is 23.0. The Morgan fingerprint density at radius 2 is 2.17 bits per heavy atom. The van der Waals surface area contributed by atoms with E-state index in [1.807, 2.05) is 4.90 Å². The number of methoxy groups -OCH3 is 1. The molecule has 3 rings (SSSR count). The standard InChI is InChI=1S/C19H26FNO3/c1-14-3-4-15(13-17(14)20)18(22)21-9-7-19(8-10-21)16(5-11-23-2)6-12-24-19/h3-4,13,16H,5-12H2,1-2H3. The van der Waals surface area contributed by atoms with Gasteiger partial charge in [0.2, 0.25) is 0 Å². The molecule has 0 saturated carbocycles. The lowest BCUT2D eigenvalue weighted by Crippen LogP contribution is -2.49. The van der Waals surface area contributed by atoms with Crippen LogP contribution >= 0.6 is 0 Å². The van der Waals surface area contributed by atoms with Crippen molar-refractivity contribution < 1.29 is 18.7 Å². The van der Waals surface area contributed by atoms with Gasteiger partial charge in [-0.3, -0.25) is 4.79 Å². The second-order valence-electron chi connectivity index (χ2n) is 6.94. The number of hydrogen-bond acceptors (Lipinski definition) is 3. The van der Waals surface area contributed by atoms with Crippen LogP contribution in [0.2, 0.25) is 0 Å². The van der Waals surface area contributed by atoms with Crippen molar-refractivity contribution in [1.29, 1.82) is 0 Å². The summed E-state index contributed by atoms with van der Waals surface area (Å²) in [6.45, 7) is 4.58. The van der Waals surface area contributed by atoms with Crippen molar-refractivity contribution in [2.24, 2.45) is 5.92 Å². The minimum Gasteiger partial charge on any atom is -0.385 e. The molecule has 2 fully saturated rings. The van der Waals surface area contributed by atoms with Gasteiger partial charge in [0, 0.05) is 39.0 Å². The van der Waals surface area contributed by atoms with Gasteiger partial charge in [-0.1, -0.05) is 6.07 Å². The number of nitrogens with zero attached hydrogens (tertiary/aromatic N) is 1. The highest BCUT2D eigenvalue weighted by atomic mass is 19.1. The summed E-state index contributed by atoms with van der Waals surface area (Å²) in [6, 6.07) is 4.71. The number of piperidine rings is 1. The lowest BCUT2D eigenvalue weighted by molar-refractivity contribution is -0.0661. The van der Waals surface area contributed by atoms with Crippen molar-refractivity contribution in [3.8, 4) is 0 Å². The molecule has 0 bridgehead atoms. The van der Waals surface area contributed by atoms with Gasteiger partial charge < -0.3 is 14.4 Å². The van der Waals surface area contributed by atoms with E-state index in [4.69, 9.17) is 9.47 Å². The van der Waals surface area contributed by atoms with Gasteiger partial charge in [-0.15, -0.1) is 0 Å². The Labute approximate surface area is 142 Å². The minimum absolute atomic E-state index is 0.0878. The lowest BCUT2D eigenvalue weighted by Gasteiger charge is -2.42. The van der Waals surface area contributed by atoms with Crippen LogP contribution < -0.4 is 0 Å². The summed E-state index contributed by atoms with van der Waals surface area (Å²) in [5.74, 6) is 0.0924. The zero-order chi connectivity index (χ0) is 17.2. The van der Waals surface area contributed by atoms with Gasteiger partial charge in [0.15, 0.2) is 0 Å². The zero-order valence-electron chi connectivity index (χ0n) is 14.5. The van der Waals surface area contributed by atoms with Gasteiger partial charge in [0.05, 0.1) is 5.60 Å². The molecular weight excluding hydrogens is 309 g/mol. The Bertz CT molecular complexity index is 596. The highest BCUT2D eigenvalue weighted by Gasteiger charge is 2.46.